The van der Waals surface area contributed by atoms with Gasteiger partial charge in [-0.15, -0.1) is 0 Å². The van der Waals surface area contributed by atoms with Crippen molar-refractivity contribution in [1.29, 1.82) is 0 Å². The van der Waals surface area contributed by atoms with Gasteiger partial charge in [-0.2, -0.15) is 0 Å². The topological polar surface area (TPSA) is 93.1 Å². The molecule has 0 rings (SSSR count). The lowest BCUT2D eigenvalue weighted by Gasteiger charge is -1.95. The van der Waals surface area contributed by atoms with Crippen molar-refractivity contribution in [2.24, 2.45) is 0 Å². The van der Waals surface area contributed by atoms with E-state index in [1.165, 1.54) is 0 Å². The van der Waals surface area contributed by atoms with Crippen molar-refractivity contribution in [3.63, 3.8) is 0 Å². The van der Waals surface area contributed by atoms with Crippen LogP contribution in [0, 0.1) is 0 Å². The van der Waals surface area contributed by atoms with Crippen LogP contribution in [-0.4, -0.2) is 29.1 Å². The number of carbonyl (C=O) groups excluding carboxylic acids is 1. The molecule has 0 unspecified atom stereocenters. The second-order valence-corrected chi connectivity index (χ2v) is 1.72. The third-order valence-electron chi connectivity index (χ3n) is 0.608. The summed E-state index contributed by atoms with van der Waals surface area (Å²) < 4.78 is 8.53. The van der Waals surface area contributed by atoms with Gasteiger partial charge in [-0.05, 0) is 6.92 Å². The zero-order valence-corrected chi connectivity index (χ0v) is 9.09. The fourth-order valence-electron chi connectivity index (χ4n) is 0.220. The molecule has 16 heavy (non-hydrogen) atoms. The number of carboxylic acid groups (broad SMARTS) is 2. The normalized spacial score (nSPS) is 6.56. The van der Waals surface area contributed by atoms with Gasteiger partial charge in [0.15, 0.2) is 0 Å². The van der Waals surface area contributed by atoms with Gasteiger partial charge in [0, 0.05) is 0 Å². The Bertz CT molecular complexity index is 211. The molecule has 0 radical (unpaired) electrons. The predicted molar refractivity (Wildman–Crippen MR) is 59.4 cm³/mol. The van der Waals surface area contributed by atoms with E-state index in [2.05, 4.69) is 29.2 Å². The lowest BCUT2D eigenvalue weighted by Crippen LogP contribution is -2.01. The van der Waals surface area contributed by atoms with E-state index in [1.807, 2.05) is 0 Å². The molecule has 0 amide bonds. The summed E-state index contributed by atoms with van der Waals surface area (Å²) in [5.74, 6) is 0. The lowest BCUT2D eigenvalue weighted by atomic mass is 10.6. The van der Waals surface area contributed by atoms with Crippen molar-refractivity contribution in [3.8, 4) is 0 Å². The zero-order valence-electron chi connectivity index (χ0n) is 9.09. The SMILES string of the molecule is C=CC=C.C=COC(=O)OCC.O=C(O)O. The third-order valence-corrected chi connectivity index (χ3v) is 0.608. The summed E-state index contributed by atoms with van der Waals surface area (Å²) in [4.78, 5) is 18.7. The Kier molecular flexibility index (Phi) is 22.4. The Labute approximate surface area is 94.1 Å². The molecule has 6 nitrogen and oxygen atoms in total. The quantitative estimate of drug-likeness (QED) is 0.441. The van der Waals surface area contributed by atoms with Crippen molar-refractivity contribution >= 4 is 12.3 Å². The Morgan fingerprint density at radius 1 is 1.19 bits per heavy atom. The molecule has 0 aromatic rings. The Morgan fingerprint density at radius 3 is 1.75 bits per heavy atom. The Morgan fingerprint density at radius 2 is 1.56 bits per heavy atom. The molecule has 0 aromatic carbocycles. The van der Waals surface area contributed by atoms with E-state index in [9.17, 15) is 4.79 Å². The van der Waals surface area contributed by atoms with E-state index in [0.717, 1.165) is 6.26 Å². The summed E-state index contributed by atoms with van der Waals surface area (Å²) in [5.41, 5.74) is 0. The molecule has 0 aliphatic heterocycles. The molecule has 0 spiro atoms. The van der Waals surface area contributed by atoms with Gasteiger partial charge in [0.1, 0.15) is 0 Å². The molecule has 0 aliphatic carbocycles. The van der Waals surface area contributed by atoms with Crippen molar-refractivity contribution in [1.82, 2.24) is 0 Å². The van der Waals surface area contributed by atoms with Gasteiger partial charge in [-0.3, -0.25) is 0 Å². The van der Waals surface area contributed by atoms with Gasteiger partial charge in [-0.1, -0.05) is 31.9 Å². The highest BCUT2D eigenvalue weighted by atomic mass is 16.7. The highest BCUT2D eigenvalue weighted by Gasteiger charge is 1.94. The fourth-order valence-corrected chi connectivity index (χ4v) is 0.220. The maximum Gasteiger partial charge on any atom is 0.513 e. The minimum absolute atomic E-state index is 0.326. The van der Waals surface area contributed by atoms with Crippen LogP contribution in [-0.2, 0) is 9.47 Å². The lowest BCUT2D eigenvalue weighted by molar-refractivity contribution is 0.0896. The van der Waals surface area contributed by atoms with Crippen LogP contribution in [0.1, 0.15) is 6.92 Å². The molecule has 2 N–H and O–H groups in total. The first-order valence-corrected chi connectivity index (χ1v) is 4.05. The second-order valence-electron chi connectivity index (χ2n) is 1.72. The van der Waals surface area contributed by atoms with E-state index in [4.69, 9.17) is 15.0 Å². The van der Waals surface area contributed by atoms with Crippen LogP contribution in [0.2, 0.25) is 0 Å². The summed E-state index contributed by atoms with van der Waals surface area (Å²) in [6.45, 7) is 11.9. The van der Waals surface area contributed by atoms with Crippen LogP contribution in [0.5, 0.6) is 0 Å². The molecule has 0 bridgehead atoms. The van der Waals surface area contributed by atoms with Gasteiger partial charge in [-0.25, -0.2) is 9.59 Å². The monoisotopic (exact) mass is 232 g/mol. The van der Waals surface area contributed by atoms with E-state index in [-0.39, 0.29) is 0 Å². The van der Waals surface area contributed by atoms with Crippen LogP contribution >= 0.6 is 0 Å². The van der Waals surface area contributed by atoms with Gasteiger partial charge in [0.25, 0.3) is 0 Å². The molecule has 0 fully saturated rings. The Balaban J connectivity index is -0.000000179. The highest BCUT2D eigenvalue weighted by Crippen LogP contribution is 1.82. The molecular formula is C10H16O6. The van der Waals surface area contributed by atoms with Crippen molar-refractivity contribution < 1.29 is 29.3 Å². The molecule has 0 saturated heterocycles. The number of allylic oxidation sites excluding steroid dienone is 2. The van der Waals surface area contributed by atoms with E-state index >= 15 is 0 Å². The van der Waals surface area contributed by atoms with Crippen LogP contribution in [0.4, 0.5) is 9.59 Å². The number of hydrogen-bond acceptors (Lipinski definition) is 4. The molecule has 0 aromatic heterocycles. The van der Waals surface area contributed by atoms with Gasteiger partial charge in [0.2, 0.25) is 0 Å². The maximum absolute atomic E-state index is 10.1. The molecule has 0 aliphatic rings. The number of ether oxygens (including phenoxy) is 2. The largest absolute Gasteiger partial charge is 0.513 e. The molecule has 0 heterocycles. The second kappa shape index (κ2) is 18.5. The summed E-state index contributed by atoms with van der Waals surface area (Å²) in [7, 11) is 0. The molecule has 92 valence electrons. The van der Waals surface area contributed by atoms with Crippen LogP contribution in [0.25, 0.3) is 0 Å². The first-order valence-electron chi connectivity index (χ1n) is 4.05. The zero-order chi connectivity index (χ0) is 13.4. The van der Waals surface area contributed by atoms with Gasteiger partial charge >= 0.3 is 12.3 Å². The fraction of sp³-hybridized carbons (Fsp3) is 0.200. The number of rotatable bonds is 3. The average molecular weight is 232 g/mol. The predicted octanol–water partition coefficient (Wildman–Crippen LogP) is 2.88. The van der Waals surface area contributed by atoms with E-state index in [1.54, 1.807) is 19.1 Å². The summed E-state index contributed by atoms with van der Waals surface area (Å²) in [5, 5.41) is 13.9. The standard InChI is InChI=1S/C5H8O3.C4H6.CH2O3/c1-3-7-5(6)8-4-2;1-3-4-2;2-1(3)4/h3H,1,4H2,2H3;3-4H,1-2H2;(H2,2,3,4). The minimum atomic E-state index is -1.83. The molecule has 0 atom stereocenters. The molecular weight excluding hydrogens is 216 g/mol. The number of hydrogen-bond donors (Lipinski definition) is 2. The van der Waals surface area contributed by atoms with Crippen molar-refractivity contribution in [2.45, 2.75) is 6.92 Å². The first-order chi connectivity index (χ1) is 7.45. The molecule has 0 saturated carbocycles. The van der Waals surface area contributed by atoms with Crippen LogP contribution < -0.4 is 0 Å². The highest BCUT2D eigenvalue weighted by molar-refractivity contribution is 5.60. The summed E-state index contributed by atoms with van der Waals surface area (Å²) in [6, 6.07) is 0. The van der Waals surface area contributed by atoms with E-state index in [0.29, 0.717) is 6.61 Å². The molecule has 6 heteroatoms. The van der Waals surface area contributed by atoms with Crippen LogP contribution in [0.15, 0.2) is 38.2 Å². The van der Waals surface area contributed by atoms with E-state index < -0.39 is 12.3 Å². The van der Waals surface area contributed by atoms with Gasteiger partial charge < -0.3 is 19.7 Å². The van der Waals surface area contributed by atoms with Crippen molar-refractivity contribution in [3.05, 3.63) is 38.2 Å². The summed E-state index contributed by atoms with van der Waals surface area (Å²) in [6.07, 6.45) is 1.76. The summed E-state index contributed by atoms with van der Waals surface area (Å²) >= 11 is 0. The Hall–Kier alpha value is -2.24. The minimum Gasteiger partial charge on any atom is -0.450 e. The number of carbonyl (C=O) groups is 2. The average Bonchev–Trinajstić information content (AvgIpc) is 2.18. The van der Waals surface area contributed by atoms with Gasteiger partial charge in [0.05, 0.1) is 12.9 Å². The smallest absolute Gasteiger partial charge is 0.450 e. The van der Waals surface area contributed by atoms with Crippen LogP contribution in [0.3, 0.4) is 0 Å². The third kappa shape index (κ3) is 60.1. The van der Waals surface area contributed by atoms with Crippen molar-refractivity contribution in [2.75, 3.05) is 6.61 Å². The first kappa shape index (κ1) is 19.4. The maximum atomic E-state index is 10.1.